The van der Waals surface area contributed by atoms with Gasteiger partial charge in [-0.05, 0) is 18.7 Å². The zero-order valence-electron chi connectivity index (χ0n) is 20.9. The van der Waals surface area contributed by atoms with Crippen LogP contribution in [0.25, 0.3) is 11.1 Å². The molecule has 0 saturated carbocycles. The Hall–Kier alpha value is -1.36. The SMILES string of the molecule is C[C@H](O)C(OC(OP(=O)(O)OP(O)(=S)OCC1OC(c2noc3c(N)ncnc23)C(O)C1O)[C@H](O)CO)[C@@H](F)CO. The molecule has 11 atom stereocenters. The van der Waals surface area contributed by atoms with E-state index in [1.165, 1.54) is 0 Å². The minimum atomic E-state index is -5.53. The van der Waals surface area contributed by atoms with Crippen LogP contribution in [0.2, 0.25) is 0 Å². The maximum Gasteiger partial charge on any atom is 0.481 e. The van der Waals surface area contributed by atoms with Crippen LogP contribution in [0.4, 0.5) is 10.2 Å². The molecular formula is C18H29FN4O15P2S. The molecular weight excluding hydrogens is 625 g/mol. The van der Waals surface area contributed by atoms with Crippen molar-refractivity contribution in [3.63, 3.8) is 0 Å². The second kappa shape index (κ2) is 14.0. The highest BCUT2D eigenvalue weighted by atomic mass is 32.5. The average molecular weight is 654 g/mol. The molecule has 8 unspecified atom stereocenters. The molecule has 23 heteroatoms. The van der Waals surface area contributed by atoms with Crippen molar-refractivity contribution in [3.8, 4) is 0 Å². The number of nitrogen functional groups attached to an aromatic ring is 1. The number of ether oxygens (including phenoxy) is 2. The molecule has 234 valence electrons. The number of phosphoric acid groups is 1. The lowest BCUT2D eigenvalue weighted by atomic mass is 10.1. The quantitative estimate of drug-likeness (QED) is 0.0708. The fourth-order valence-corrected chi connectivity index (χ4v) is 6.72. The topological polar surface area (TPSA) is 303 Å². The van der Waals surface area contributed by atoms with Gasteiger partial charge in [-0.15, -0.1) is 0 Å². The molecule has 0 aliphatic carbocycles. The molecule has 0 amide bonds. The summed E-state index contributed by atoms with van der Waals surface area (Å²) < 4.78 is 56.0. The Bertz CT molecular complexity index is 1260. The first-order valence-electron chi connectivity index (χ1n) is 11.5. The second-order valence-electron chi connectivity index (χ2n) is 8.66. The van der Waals surface area contributed by atoms with Crippen molar-refractivity contribution in [1.82, 2.24) is 15.1 Å². The highest BCUT2D eigenvalue weighted by Gasteiger charge is 2.47. The molecule has 10 N–H and O–H groups in total. The van der Waals surface area contributed by atoms with E-state index in [0.717, 1.165) is 13.3 Å². The predicted octanol–water partition coefficient (Wildman–Crippen LogP) is -2.50. The van der Waals surface area contributed by atoms with Crippen LogP contribution < -0.4 is 5.73 Å². The summed E-state index contributed by atoms with van der Waals surface area (Å²) in [7, 11) is -5.53. The Morgan fingerprint density at radius 1 is 1.20 bits per heavy atom. The highest BCUT2D eigenvalue weighted by Crippen LogP contribution is 2.61. The molecule has 2 aromatic heterocycles. The first-order valence-corrected chi connectivity index (χ1v) is 15.6. The zero-order valence-corrected chi connectivity index (χ0v) is 23.5. The minimum Gasteiger partial charge on any atom is -0.393 e. The maximum atomic E-state index is 14.0. The standard InChI is InChI=1S/C18H29FN4O15P2S/c1-6(26)14(7(19)2-24)35-18(8(27)3-25)37-39(30,31)38-40(32,41)33-4-9-12(28)13(29)15(34-9)11-10-16(36-23-11)17(20)22-5-21-10/h5-9,12-15,18,24-29H,2-4H2,1H3,(H,30,31)(H,32,41)(H2,20,21,22)/t6-,7-,8+,9?,12?,13?,14?,15?,18?,40?/m0/s1. The third kappa shape index (κ3) is 8.39. The predicted molar refractivity (Wildman–Crippen MR) is 134 cm³/mol. The summed E-state index contributed by atoms with van der Waals surface area (Å²) in [4.78, 5) is 28.1. The third-order valence-corrected chi connectivity index (χ3v) is 9.10. The van der Waals surface area contributed by atoms with Gasteiger partial charge in [0, 0.05) is 0 Å². The number of aliphatic hydroxyl groups excluding tert-OH is 6. The van der Waals surface area contributed by atoms with Gasteiger partial charge in [-0.1, -0.05) is 5.16 Å². The van der Waals surface area contributed by atoms with Crippen LogP contribution in [0.5, 0.6) is 0 Å². The highest BCUT2D eigenvalue weighted by molar-refractivity contribution is 8.08. The van der Waals surface area contributed by atoms with E-state index in [1.807, 2.05) is 0 Å². The van der Waals surface area contributed by atoms with Crippen LogP contribution in [0.15, 0.2) is 10.9 Å². The van der Waals surface area contributed by atoms with Crippen molar-refractivity contribution in [2.45, 2.75) is 62.1 Å². The van der Waals surface area contributed by atoms with E-state index >= 15 is 0 Å². The van der Waals surface area contributed by atoms with E-state index in [4.69, 9.17) is 29.4 Å². The lowest BCUT2D eigenvalue weighted by Gasteiger charge is -2.31. The van der Waals surface area contributed by atoms with Gasteiger partial charge in [-0.3, -0.25) is 4.52 Å². The summed E-state index contributed by atoms with van der Waals surface area (Å²) in [5, 5.41) is 62.4. The molecule has 1 saturated heterocycles. The van der Waals surface area contributed by atoms with Gasteiger partial charge in [-0.2, -0.15) is 0 Å². The molecule has 3 heterocycles. The van der Waals surface area contributed by atoms with E-state index in [-0.39, 0.29) is 22.6 Å². The fraction of sp³-hybridized carbons (Fsp3) is 0.722. The van der Waals surface area contributed by atoms with Crippen LogP contribution in [0.3, 0.4) is 0 Å². The van der Waals surface area contributed by atoms with E-state index in [0.29, 0.717) is 0 Å². The number of aliphatic hydroxyl groups is 6. The van der Waals surface area contributed by atoms with E-state index in [1.54, 1.807) is 0 Å². The number of nitrogens with two attached hydrogens (primary N) is 1. The molecule has 2 aromatic rings. The molecule has 0 bridgehead atoms. The van der Waals surface area contributed by atoms with Crippen molar-refractivity contribution in [1.29, 1.82) is 0 Å². The molecule has 0 radical (unpaired) electrons. The van der Waals surface area contributed by atoms with Gasteiger partial charge in [0.1, 0.15) is 54.2 Å². The number of hydrogen-bond donors (Lipinski definition) is 9. The number of aromatic nitrogens is 3. The lowest BCUT2D eigenvalue weighted by Crippen LogP contribution is -2.45. The van der Waals surface area contributed by atoms with Gasteiger partial charge in [0.25, 0.3) is 0 Å². The number of halogens is 1. The zero-order chi connectivity index (χ0) is 30.7. The van der Waals surface area contributed by atoms with Gasteiger partial charge >= 0.3 is 14.5 Å². The van der Waals surface area contributed by atoms with Crippen LogP contribution >= 0.6 is 14.5 Å². The van der Waals surface area contributed by atoms with Crippen molar-refractivity contribution >= 4 is 43.3 Å². The number of hydrogen-bond acceptors (Lipinski definition) is 18. The average Bonchev–Trinajstić information content (AvgIpc) is 3.45. The van der Waals surface area contributed by atoms with E-state index in [2.05, 4.69) is 35.8 Å². The largest absolute Gasteiger partial charge is 0.481 e. The summed E-state index contributed by atoms with van der Waals surface area (Å²) in [5.41, 5.74) is 5.72. The van der Waals surface area contributed by atoms with Gasteiger partial charge in [0.2, 0.25) is 5.58 Å². The molecule has 3 rings (SSSR count). The molecule has 0 spiro atoms. The first-order chi connectivity index (χ1) is 19.1. The van der Waals surface area contributed by atoms with Gasteiger partial charge in [0.05, 0.1) is 25.9 Å². The van der Waals surface area contributed by atoms with Crippen molar-refractivity contribution in [3.05, 3.63) is 12.0 Å². The van der Waals surface area contributed by atoms with E-state index in [9.17, 15) is 44.3 Å². The fourth-order valence-electron chi connectivity index (χ4n) is 3.60. The Labute approximate surface area is 235 Å². The van der Waals surface area contributed by atoms with Gasteiger partial charge < -0.3 is 64.7 Å². The number of anilines is 1. The number of phosphoric ester groups is 1. The number of rotatable bonds is 15. The number of fused-ring (bicyclic) bond motifs is 1. The Morgan fingerprint density at radius 3 is 2.49 bits per heavy atom. The summed E-state index contributed by atoms with van der Waals surface area (Å²) in [6.07, 6.45) is -15.1. The Morgan fingerprint density at radius 2 is 1.88 bits per heavy atom. The van der Waals surface area contributed by atoms with Crippen LogP contribution in [0, 0.1) is 0 Å². The van der Waals surface area contributed by atoms with E-state index < -0.39 is 89.6 Å². The van der Waals surface area contributed by atoms with Crippen LogP contribution in [0.1, 0.15) is 18.7 Å². The normalized spacial score (nSPS) is 28.0. The van der Waals surface area contributed by atoms with Crippen molar-refractivity contribution in [2.75, 3.05) is 25.6 Å². The first kappa shape index (κ1) is 34.1. The monoisotopic (exact) mass is 654 g/mol. The second-order valence-corrected chi connectivity index (χ2v) is 13.0. The third-order valence-electron chi connectivity index (χ3n) is 5.59. The van der Waals surface area contributed by atoms with Gasteiger partial charge in [-0.25, -0.2) is 23.2 Å². The molecule has 1 aliphatic rings. The maximum absolute atomic E-state index is 14.0. The molecule has 1 aliphatic heterocycles. The molecule has 0 aromatic carbocycles. The minimum absolute atomic E-state index is 0.00258. The van der Waals surface area contributed by atoms with Crippen LogP contribution in [-0.2, 0) is 39.2 Å². The lowest BCUT2D eigenvalue weighted by molar-refractivity contribution is -0.218. The number of nitrogens with zero attached hydrogens (tertiary/aromatic N) is 3. The van der Waals surface area contributed by atoms with Gasteiger partial charge in [0.15, 0.2) is 18.3 Å². The van der Waals surface area contributed by atoms with Crippen molar-refractivity contribution in [2.24, 2.45) is 0 Å². The Balaban J connectivity index is 1.66. The van der Waals surface area contributed by atoms with Crippen LogP contribution in [-0.4, -0.2) is 124 Å². The Kier molecular flexibility index (Phi) is 11.6. The van der Waals surface area contributed by atoms with Crippen molar-refractivity contribution < 1.29 is 76.7 Å². The molecule has 41 heavy (non-hydrogen) atoms. The summed E-state index contributed by atoms with van der Waals surface area (Å²) in [6, 6.07) is 0. The summed E-state index contributed by atoms with van der Waals surface area (Å²) in [5.74, 6) is -0.0473. The molecule has 1 fully saturated rings. The molecule has 19 nitrogen and oxygen atoms in total. The summed E-state index contributed by atoms with van der Waals surface area (Å²) >= 11 is 4.68. The smallest absolute Gasteiger partial charge is 0.393 e. The number of alkyl halides is 1. The summed E-state index contributed by atoms with van der Waals surface area (Å²) in [6.45, 7) is -6.77.